The average Bonchev–Trinajstić information content (AvgIpc) is 3.35. The molecular weight excluding hydrogens is 1000 g/mol. The Balaban J connectivity index is 1.34. The number of hydrogen-bond donors (Lipinski definition) is 6. The van der Waals surface area contributed by atoms with Crippen molar-refractivity contribution in [2.24, 2.45) is 17.8 Å². The second-order valence-electron chi connectivity index (χ2n) is 23.0. The van der Waals surface area contributed by atoms with Crippen molar-refractivity contribution in [3.8, 4) is 5.75 Å². The van der Waals surface area contributed by atoms with Crippen LogP contribution in [0.5, 0.6) is 5.75 Å². The number of ether oxygens (including phenoxy) is 8. The van der Waals surface area contributed by atoms with E-state index in [2.05, 4.69) is 5.32 Å². The highest BCUT2D eigenvalue weighted by Crippen LogP contribution is 2.41. The molecule has 5 rings (SSSR count). The first kappa shape index (κ1) is 63.8. The molecule has 438 valence electrons. The number of fused-ring (bicyclic) bond motifs is 1. The molecule has 22 nitrogen and oxygen atoms in total. The molecule has 0 bridgehead atoms. The Morgan fingerprint density at radius 1 is 0.935 bits per heavy atom. The van der Waals surface area contributed by atoms with Crippen molar-refractivity contribution in [2.75, 3.05) is 73.6 Å². The van der Waals surface area contributed by atoms with Crippen molar-refractivity contribution >= 4 is 28.8 Å². The standard InChI is InChI=1S/C55H91N5O17/c1-17-41-55(10,69)47(64)34(6)59(15)28-30(2)26-53(8,68)48(77-52-45(63)40(57(11)12)24-31(3)72-52)32(4)46(33(5)51(67)74-41)76-43-27-54(9,70-16)49(35(7)73-43)75-42(61)20-21-56-22-23-71-36-18-19-37-39(25-36)60(58(13)14)29-38(44(37)62)50(65)66/h18-19,25,29-35,40-41,43,45-49,52,56,63-64,68-69H,17,20-24,26-28H2,1-16H3,(H,65,66)/t30-,31-,32+,33-,34-,35+,40+,41-,43+,45-,46+,47-,48-,49+,52+,53-,54-,55-/m1/s1. The number of carboxylic acid groups (broad SMARTS) is 1. The van der Waals surface area contributed by atoms with E-state index in [4.69, 9.17) is 37.9 Å². The third-order valence-electron chi connectivity index (χ3n) is 16.1. The first-order chi connectivity index (χ1) is 35.9. The fourth-order valence-electron chi connectivity index (χ4n) is 11.6. The van der Waals surface area contributed by atoms with Gasteiger partial charge in [0.25, 0.3) is 0 Å². The summed E-state index contributed by atoms with van der Waals surface area (Å²) in [5, 5.41) is 62.7. The minimum Gasteiger partial charge on any atom is -0.492 e. The number of cyclic esters (lactones) is 1. The number of rotatable bonds is 17. The van der Waals surface area contributed by atoms with Gasteiger partial charge in [0.1, 0.15) is 47.4 Å². The number of aromatic carboxylic acids is 1. The van der Waals surface area contributed by atoms with Gasteiger partial charge in [-0.15, -0.1) is 0 Å². The number of aliphatic hydroxyl groups excluding tert-OH is 2. The number of hydrogen-bond acceptors (Lipinski definition) is 20. The molecule has 0 spiro atoms. The fraction of sp³-hybridized carbons (Fsp3) is 0.782. The molecule has 77 heavy (non-hydrogen) atoms. The van der Waals surface area contributed by atoms with Crippen molar-refractivity contribution in [3.63, 3.8) is 0 Å². The van der Waals surface area contributed by atoms with Crippen molar-refractivity contribution in [1.82, 2.24) is 19.8 Å². The van der Waals surface area contributed by atoms with Crippen LogP contribution in [0.3, 0.4) is 0 Å². The lowest BCUT2D eigenvalue weighted by Gasteiger charge is -2.49. The zero-order valence-corrected chi connectivity index (χ0v) is 48.3. The summed E-state index contributed by atoms with van der Waals surface area (Å²) in [5.74, 6) is -4.28. The Bertz CT molecular complexity index is 2350. The van der Waals surface area contributed by atoms with E-state index >= 15 is 0 Å². The molecule has 3 fully saturated rings. The highest BCUT2D eigenvalue weighted by molar-refractivity contribution is 5.93. The Morgan fingerprint density at radius 2 is 1.61 bits per heavy atom. The third kappa shape index (κ3) is 15.1. The maximum Gasteiger partial charge on any atom is 0.341 e. The van der Waals surface area contributed by atoms with E-state index in [1.165, 1.54) is 26.3 Å². The minimum atomic E-state index is -1.87. The number of carbonyl (C=O) groups is 3. The van der Waals surface area contributed by atoms with Gasteiger partial charge in [-0.05, 0) is 107 Å². The zero-order chi connectivity index (χ0) is 57.6. The summed E-state index contributed by atoms with van der Waals surface area (Å²) in [5.41, 5.74) is -5.15. The molecule has 1 aromatic heterocycles. The summed E-state index contributed by atoms with van der Waals surface area (Å²) in [4.78, 5) is 56.4. The van der Waals surface area contributed by atoms with E-state index in [0.717, 1.165) is 0 Å². The van der Waals surface area contributed by atoms with Crippen LogP contribution in [0.4, 0.5) is 0 Å². The van der Waals surface area contributed by atoms with Crippen LogP contribution in [-0.4, -0.2) is 217 Å². The molecule has 6 N–H and O–H groups in total. The van der Waals surface area contributed by atoms with Crippen molar-refractivity contribution in [1.29, 1.82) is 0 Å². The van der Waals surface area contributed by atoms with Gasteiger partial charge in [0.05, 0.1) is 47.9 Å². The molecule has 4 heterocycles. The van der Waals surface area contributed by atoms with Crippen LogP contribution in [0.15, 0.2) is 29.2 Å². The van der Waals surface area contributed by atoms with E-state index in [1.54, 1.807) is 84.4 Å². The molecule has 0 unspecified atom stereocenters. The largest absolute Gasteiger partial charge is 0.492 e. The zero-order valence-electron chi connectivity index (χ0n) is 48.3. The van der Waals surface area contributed by atoms with Gasteiger partial charge >= 0.3 is 17.9 Å². The molecule has 0 saturated carbocycles. The van der Waals surface area contributed by atoms with E-state index in [0.29, 0.717) is 30.8 Å². The molecule has 0 aliphatic carbocycles. The second kappa shape index (κ2) is 26.5. The monoisotopic (exact) mass is 1090 g/mol. The number of nitrogens with one attached hydrogen (secondary N) is 1. The van der Waals surface area contributed by atoms with Crippen LogP contribution in [0.1, 0.15) is 112 Å². The number of aliphatic hydroxyl groups is 4. The molecule has 0 radical (unpaired) electrons. The van der Waals surface area contributed by atoms with Crippen molar-refractivity contribution in [2.45, 2.75) is 192 Å². The molecule has 1 aromatic carbocycles. The Kier molecular flexibility index (Phi) is 21.9. The van der Waals surface area contributed by atoms with Gasteiger partial charge in [-0.2, -0.15) is 0 Å². The molecular formula is C55H91N5O17. The number of carbonyl (C=O) groups excluding carboxylic acids is 2. The SMILES string of the molecule is CC[C@H]1OC(=O)[C@H](C)[C@@H](O[C@H]2C[C@@](C)(OC)[C@@H](OC(=O)CCNCCOc3ccc4c(=O)c(C(=O)O)cn(N(C)C)c4c3)[C@H](C)O2)[C@H](C)[C@@H](O[C@@H]2O[C@H](C)C[C@H](N(C)C)[C@H]2O)[C@](C)(O)C[C@@H](C)CN(C)[C@H](C)[C@@H](O)[C@]1(C)O. The molecule has 2 aromatic rings. The first-order valence-corrected chi connectivity index (χ1v) is 27.1. The van der Waals surface area contributed by atoms with Gasteiger partial charge in [0.2, 0.25) is 5.43 Å². The number of carboxylic acids is 1. The quantitative estimate of drug-likeness (QED) is 0.0982. The molecule has 22 heteroatoms. The van der Waals surface area contributed by atoms with Crippen LogP contribution in [-0.2, 0) is 42.7 Å². The predicted octanol–water partition coefficient (Wildman–Crippen LogP) is 2.72. The summed E-state index contributed by atoms with van der Waals surface area (Å²) >= 11 is 0. The fourth-order valence-corrected chi connectivity index (χ4v) is 11.6. The molecule has 0 amide bonds. The molecule has 3 aliphatic heterocycles. The molecule has 3 aliphatic rings. The number of pyridine rings is 1. The Morgan fingerprint density at radius 3 is 2.22 bits per heavy atom. The lowest BCUT2D eigenvalue weighted by molar-refractivity contribution is -0.318. The number of methoxy groups -OCH3 is 1. The number of nitrogens with zero attached hydrogens (tertiary/aromatic N) is 4. The van der Waals surface area contributed by atoms with Gasteiger partial charge < -0.3 is 83.6 Å². The maximum absolute atomic E-state index is 14.6. The van der Waals surface area contributed by atoms with Crippen LogP contribution in [0.2, 0.25) is 0 Å². The van der Waals surface area contributed by atoms with E-state index < -0.39 is 113 Å². The number of esters is 2. The minimum absolute atomic E-state index is 0.00950. The van der Waals surface area contributed by atoms with Crippen LogP contribution in [0.25, 0.3) is 10.9 Å². The van der Waals surface area contributed by atoms with Gasteiger partial charge in [-0.1, -0.05) is 20.8 Å². The van der Waals surface area contributed by atoms with Crippen LogP contribution >= 0.6 is 0 Å². The number of aromatic nitrogens is 1. The molecule has 18 atom stereocenters. The summed E-state index contributed by atoms with van der Waals surface area (Å²) in [6, 6.07) is 3.87. The van der Waals surface area contributed by atoms with Crippen molar-refractivity contribution < 1.29 is 77.8 Å². The highest BCUT2D eigenvalue weighted by Gasteiger charge is 2.54. The predicted molar refractivity (Wildman–Crippen MR) is 286 cm³/mol. The topological polar surface area (TPSA) is 270 Å². The lowest BCUT2D eigenvalue weighted by atomic mass is 9.77. The lowest BCUT2D eigenvalue weighted by Crippen LogP contribution is -2.61. The normalized spacial score (nSPS) is 37.2. The summed E-state index contributed by atoms with van der Waals surface area (Å²) in [6.45, 7) is 18.7. The number of benzene rings is 1. The summed E-state index contributed by atoms with van der Waals surface area (Å²) in [6.07, 6.45) is -7.92. The second-order valence-corrected chi connectivity index (χ2v) is 23.0. The Hall–Kier alpha value is -4.04. The highest BCUT2D eigenvalue weighted by atomic mass is 16.7. The van der Waals surface area contributed by atoms with Gasteiger partial charge in [-0.25, -0.2) is 4.79 Å². The molecule has 3 saturated heterocycles. The smallest absolute Gasteiger partial charge is 0.341 e. The van der Waals surface area contributed by atoms with Crippen LogP contribution in [0, 0.1) is 17.8 Å². The van der Waals surface area contributed by atoms with E-state index in [1.807, 2.05) is 44.8 Å². The number of likely N-dealkylation sites (N-methyl/N-ethyl adjacent to an activating group) is 2. The Labute approximate surface area is 454 Å². The maximum atomic E-state index is 14.6. The average molecular weight is 1090 g/mol. The third-order valence-corrected chi connectivity index (χ3v) is 16.1. The van der Waals surface area contributed by atoms with Gasteiger partial charge in [0, 0.05) is 82.9 Å². The van der Waals surface area contributed by atoms with E-state index in [-0.39, 0.29) is 67.8 Å². The van der Waals surface area contributed by atoms with Crippen molar-refractivity contribution in [3.05, 3.63) is 40.2 Å². The summed E-state index contributed by atoms with van der Waals surface area (Å²) < 4.78 is 52.3. The first-order valence-electron chi connectivity index (χ1n) is 27.1. The van der Waals surface area contributed by atoms with Crippen LogP contribution < -0.4 is 20.5 Å². The van der Waals surface area contributed by atoms with Gasteiger partial charge in [0.15, 0.2) is 18.7 Å². The van der Waals surface area contributed by atoms with Gasteiger partial charge in [-0.3, -0.25) is 19.1 Å². The summed E-state index contributed by atoms with van der Waals surface area (Å²) in [7, 11) is 10.5. The van der Waals surface area contributed by atoms with E-state index in [9.17, 15) is 44.7 Å².